The van der Waals surface area contributed by atoms with Gasteiger partial charge in [-0.25, -0.2) is 0 Å². The van der Waals surface area contributed by atoms with E-state index in [0.717, 1.165) is 32.2 Å². The molecule has 2 atom stereocenters. The molecule has 2 amide bonds. The number of ether oxygens (including phenoxy) is 1. The second-order valence-corrected chi connectivity index (χ2v) is 7.63. The van der Waals surface area contributed by atoms with Crippen molar-refractivity contribution < 1.29 is 14.3 Å². The Hall–Kier alpha value is -1.14. The zero-order chi connectivity index (χ0) is 16.4. The Kier molecular flexibility index (Phi) is 4.92. The van der Waals surface area contributed by atoms with E-state index in [9.17, 15) is 9.59 Å². The van der Waals surface area contributed by atoms with Crippen LogP contribution in [0, 0.1) is 5.41 Å². The Bertz CT molecular complexity index is 452. The number of carbonyl (C=O) groups is 2. The van der Waals surface area contributed by atoms with Crippen LogP contribution in [0.25, 0.3) is 0 Å². The van der Waals surface area contributed by atoms with Gasteiger partial charge in [0.1, 0.15) is 6.10 Å². The highest BCUT2D eigenvalue weighted by Gasteiger charge is 2.40. The summed E-state index contributed by atoms with van der Waals surface area (Å²) in [6.07, 6.45) is 3.75. The number of nitrogens with one attached hydrogen (secondary N) is 1. The number of hydrogen-bond donors (Lipinski definition) is 1. The van der Waals surface area contributed by atoms with Crippen LogP contribution in [0.5, 0.6) is 0 Å². The molecule has 2 unspecified atom stereocenters. The van der Waals surface area contributed by atoms with Crippen LogP contribution < -0.4 is 5.32 Å². The first-order valence-electron chi connectivity index (χ1n) is 8.91. The molecule has 0 aromatic heterocycles. The van der Waals surface area contributed by atoms with Crippen LogP contribution in [0.1, 0.15) is 39.5 Å². The molecule has 23 heavy (non-hydrogen) atoms. The summed E-state index contributed by atoms with van der Waals surface area (Å²) < 4.78 is 5.48. The summed E-state index contributed by atoms with van der Waals surface area (Å²) >= 11 is 0. The van der Waals surface area contributed by atoms with Crippen LogP contribution in [0.2, 0.25) is 0 Å². The zero-order valence-corrected chi connectivity index (χ0v) is 14.3. The standard InChI is InChI=1S/C17H29N3O3/c1-17(2)6-4-7-18-14(17)16(22)20-10-8-19(9-11-20)15(21)13-5-3-12-23-13/h13-14,18H,3-12H2,1-2H3. The maximum Gasteiger partial charge on any atom is 0.251 e. The van der Waals surface area contributed by atoms with Crippen LogP contribution in [0.15, 0.2) is 0 Å². The molecule has 3 aliphatic heterocycles. The smallest absolute Gasteiger partial charge is 0.251 e. The van der Waals surface area contributed by atoms with Gasteiger partial charge in [-0.05, 0) is 37.6 Å². The monoisotopic (exact) mass is 323 g/mol. The highest BCUT2D eigenvalue weighted by Crippen LogP contribution is 2.31. The number of hydrogen-bond acceptors (Lipinski definition) is 4. The van der Waals surface area contributed by atoms with Gasteiger partial charge in [-0.1, -0.05) is 13.8 Å². The van der Waals surface area contributed by atoms with Gasteiger partial charge in [0.05, 0.1) is 6.04 Å². The molecule has 3 rings (SSSR count). The third-order valence-corrected chi connectivity index (χ3v) is 5.48. The highest BCUT2D eigenvalue weighted by atomic mass is 16.5. The van der Waals surface area contributed by atoms with Crippen LogP contribution in [-0.2, 0) is 14.3 Å². The quantitative estimate of drug-likeness (QED) is 0.809. The topological polar surface area (TPSA) is 61.9 Å². The first kappa shape index (κ1) is 16.7. The molecule has 3 saturated heterocycles. The molecule has 3 aliphatic rings. The number of carbonyl (C=O) groups excluding carboxylic acids is 2. The van der Waals surface area contributed by atoms with Crippen LogP contribution in [-0.4, -0.2) is 73.1 Å². The van der Waals surface area contributed by atoms with Crippen molar-refractivity contribution in [3.63, 3.8) is 0 Å². The maximum absolute atomic E-state index is 12.8. The number of piperazine rings is 1. The van der Waals surface area contributed by atoms with Gasteiger partial charge in [0, 0.05) is 32.8 Å². The molecule has 0 saturated carbocycles. The minimum absolute atomic E-state index is 0.0000254. The highest BCUT2D eigenvalue weighted by molar-refractivity contribution is 5.84. The Morgan fingerprint density at radius 3 is 2.26 bits per heavy atom. The molecule has 6 nitrogen and oxygen atoms in total. The van der Waals surface area contributed by atoms with Crippen molar-refractivity contribution in [2.24, 2.45) is 5.41 Å². The minimum atomic E-state index is -0.254. The molecular weight excluding hydrogens is 294 g/mol. The Morgan fingerprint density at radius 1 is 1.04 bits per heavy atom. The van der Waals surface area contributed by atoms with Crippen LogP contribution >= 0.6 is 0 Å². The lowest BCUT2D eigenvalue weighted by atomic mass is 9.77. The van der Waals surface area contributed by atoms with E-state index < -0.39 is 0 Å². The number of piperidine rings is 1. The summed E-state index contributed by atoms with van der Waals surface area (Å²) in [4.78, 5) is 29.0. The average Bonchev–Trinajstić information content (AvgIpc) is 3.08. The fourth-order valence-electron chi connectivity index (χ4n) is 3.94. The minimum Gasteiger partial charge on any atom is -0.368 e. The molecule has 0 aromatic rings. The molecule has 3 heterocycles. The van der Waals surface area contributed by atoms with Gasteiger partial charge >= 0.3 is 0 Å². The van der Waals surface area contributed by atoms with E-state index in [1.807, 2.05) is 9.80 Å². The van der Waals surface area contributed by atoms with E-state index >= 15 is 0 Å². The fraction of sp³-hybridized carbons (Fsp3) is 0.882. The molecule has 1 N–H and O–H groups in total. The molecule has 0 radical (unpaired) electrons. The van der Waals surface area contributed by atoms with Crippen molar-refractivity contribution in [3.8, 4) is 0 Å². The maximum atomic E-state index is 12.8. The molecule has 0 aromatic carbocycles. The summed E-state index contributed by atoms with van der Waals surface area (Å²) in [7, 11) is 0. The summed E-state index contributed by atoms with van der Waals surface area (Å²) in [5.74, 6) is 0.296. The van der Waals surface area contributed by atoms with Gasteiger partial charge in [0.25, 0.3) is 5.91 Å². The lowest BCUT2D eigenvalue weighted by molar-refractivity contribution is -0.148. The predicted molar refractivity (Wildman–Crippen MR) is 86.9 cm³/mol. The summed E-state index contributed by atoms with van der Waals surface area (Å²) in [6.45, 7) is 8.44. The van der Waals surface area contributed by atoms with Gasteiger partial charge in [-0.3, -0.25) is 9.59 Å². The third kappa shape index (κ3) is 3.53. The Balaban J connectivity index is 1.54. The molecule has 6 heteroatoms. The normalized spacial score (nSPS) is 31.2. The number of rotatable bonds is 2. The Labute approximate surface area is 138 Å². The molecule has 130 valence electrons. The van der Waals surface area contributed by atoms with Gasteiger partial charge in [0.15, 0.2) is 0 Å². The summed E-state index contributed by atoms with van der Waals surface area (Å²) in [6, 6.07) is -0.100. The van der Waals surface area contributed by atoms with E-state index in [2.05, 4.69) is 19.2 Å². The predicted octanol–water partition coefficient (Wildman–Crippen LogP) is 0.614. The number of nitrogens with zero attached hydrogens (tertiary/aromatic N) is 2. The molecule has 0 bridgehead atoms. The van der Waals surface area contributed by atoms with Crippen molar-refractivity contribution in [2.45, 2.75) is 51.7 Å². The summed E-state index contributed by atoms with van der Waals surface area (Å²) in [5, 5.41) is 3.39. The fourth-order valence-corrected chi connectivity index (χ4v) is 3.94. The van der Waals surface area contributed by atoms with E-state index in [1.54, 1.807) is 0 Å². The van der Waals surface area contributed by atoms with Gasteiger partial charge < -0.3 is 19.9 Å². The van der Waals surface area contributed by atoms with E-state index in [1.165, 1.54) is 0 Å². The van der Waals surface area contributed by atoms with E-state index in [0.29, 0.717) is 32.8 Å². The van der Waals surface area contributed by atoms with Crippen molar-refractivity contribution >= 4 is 11.8 Å². The lowest BCUT2D eigenvalue weighted by Gasteiger charge is -2.43. The van der Waals surface area contributed by atoms with Crippen molar-refractivity contribution in [3.05, 3.63) is 0 Å². The third-order valence-electron chi connectivity index (χ3n) is 5.48. The first-order chi connectivity index (χ1) is 11.0. The van der Waals surface area contributed by atoms with Crippen LogP contribution in [0.4, 0.5) is 0 Å². The largest absolute Gasteiger partial charge is 0.368 e. The average molecular weight is 323 g/mol. The van der Waals surface area contributed by atoms with Crippen molar-refractivity contribution in [2.75, 3.05) is 39.3 Å². The van der Waals surface area contributed by atoms with Gasteiger partial charge in [0.2, 0.25) is 5.91 Å². The Morgan fingerprint density at radius 2 is 1.70 bits per heavy atom. The number of amides is 2. The van der Waals surface area contributed by atoms with Crippen molar-refractivity contribution in [1.29, 1.82) is 0 Å². The molecular formula is C17H29N3O3. The zero-order valence-electron chi connectivity index (χ0n) is 14.3. The van der Waals surface area contributed by atoms with Crippen LogP contribution in [0.3, 0.4) is 0 Å². The summed E-state index contributed by atoms with van der Waals surface area (Å²) in [5.41, 5.74) is -0.0000254. The SMILES string of the molecule is CC1(C)CCCNC1C(=O)N1CCN(C(=O)C2CCCO2)CC1. The lowest BCUT2D eigenvalue weighted by Crippen LogP contribution is -2.60. The van der Waals surface area contributed by atoms with Gasteiger partial charge in [-0.15, -0.1) is 0 Å². The second-order valence-electron chi connectivity index (χ2n) is 7.63. The van der Waals surface area contributed by atoms with E-state index in [-0.39, 0.29) is 29.4 Å². The first-order valence-corrected chi connectivity index (χ1v) is 8.91. The molecule has 0 spiro atoms. The molecule has 0 aliphatic carbocycles. The van der Waals surface area contributed by atoms with Gasteiger partial charge in [-0.2, -0.15) is 0 Å². The van der Waals surface area contributed by atoms with Crippen molar-refractivity contribution in [1.82, 2.24) is 15.1 Å². The second kappa shape index (κ2) is 6.77. The molecule has 3 fully saturated rings. The van der Waals surface area contributed by atoms with E-state index in [4.69, 9.17) is 4.74 Å².